The Labute approximate surface area is 194 Å². The molecule has 3 heterocycles. The number of allylic oxidation sites excluding steroid dienone is 2. The number of thioether (sulfide) groups is 1. The number of aromatic nitrogens is 4. The lowest BCUT2D eigenvalue weighted by Crippen LogP contribution is -2.35. The van der Waals surface area contributed by atoms with Crippen LogP contribution in [-0.4, -0.2) is 38.6 Å². The second kappa shape index (κ2) is 8.70. The van der Waals surface area contributed by atoms with Gasteiger partial charge in [0, 0.05) is 36.1 Å². The number of carbonyl (C=O) groups excluding carboxylic acids is 2. The molecule has 2 aromatic heterocycles. The number of nitrogens with zero attached hydrogens (tertiary/aromatic N) is 4. The molecule has 9 nitrogen and oxygen atoms in total. The molecular formula is C21H25N5O4S2. The fourth-order valence-electron chi connectivity index (χ4n) is 3.99. The highest BCUT2D eigenvalue weighted by Crippen LogP contribution is 2.49. The third kappa shape index (κ3) is 4.31. The van der Waals surface area contributed by atoms with Crippen molar-refractivity contribution in [2.45, 2.75) is 50.4 Å². The van der Waals surface area contributed by atoms with Gasteiger partial charge in [0.25, 0.3) is 0 Å². The minimum Gasteiger partial charge on any atom is -0.462 e. The van der Waals surface area contributed by atoms with Gasteiger partial charge in [0.05, 0.1) is 12.5 Å². The van der Waals surface area contributed by atoms with Gasteiger partial charge in [0.1, 0.15) is 11.3 Å². The molecule has 2 aromatic rings. The number of nitrogens with two attached hydrogens (primary N) is 1. The van der Waals surface area contributed by atoms with E-state index >= 15 is 0 Å². The maximum Gasteiger partial charge on any atom is 0.340 e. The Morgan fingerprint density at radius 1 is 1.44 bits per heavy atom. The summed E-state index contributed by atoms with van der Waals surface area (Å²) in [5, 5.41) is 14.2. The van der Waals surface area contributed by atoms with Crippen LogP contribution < -0.4 is 5.73 Å². The number of ether oxygens (including phenoxy) is 2. The van der Waals surface area contributed by atoms with Gasteiger partial charge in [-0.05, 0) is 39.8 Å². The van der Waals surface area contributed by atoms with Gasteiger partial charge in [-0.25, -0.2) is 9.48 Å². The van der Waals surface area contributed by atoms with Crippen LogP contribution in [-0.2, 0) is 31.9 Å². The van der Waals surface area contributed by atoms with Gasteiger partial charge in [-0.15, -0.1) is 16.4 Å². The van der Waals surface area contributed by atoms with E-state index in [1.807, 2.05) is 25.3 Å². The number of Topliss-reactive ketones (excluding diaryl/α,β-unsaturated/α-hetero) is 1. The third-order valence-corrected chi connectivity index (χ3v) is 7.49. The molecule has 1 aliphatic carbocycles. The van der Waals surface area contributed by atoms with E-state index in [-0.39, 0.29) is 29.3 Å². The quantitative estimate of drug-likeness (QED) is 0.496. The standard InChI is InChI=1S/C21H25N5O4S2/c1-5-29-19(28)17-16(15-12(27)7-21(2,3)8-13(15)30-18(17)22)14-6-11(9-31-14)10-32-20-23-24-25-26(20)4/h6,9,16H,5,7-8,10,22H2,1-4H3/t16-/m1/s1. The molecule has 0 radical (unpaired) electrons. The normalized spacial score (nSPS) is 20.2. The number of tetrazole rings is 1. The highest BCUT2D eigenvalue weighted by atomic mass is 32.2. The summed E-state index contributed by atoms with van der Waals surface area (Å²) in [5.41, 5.74) is 7.72. The molecule has 0 bridgehead atoms. The summed E-state index contributed by atoms with van der Waals surface area (Å²) in [6.07, 6.45) is 0.962. The first-order chi connectivity index (χ1) is 15.2. The highest BCUT2D eigenvalue weighted by molar-refractivity contribution is 7.98. The van der Waals surface area contributed by atoms with Gasteiger partial charge in [-0.2, -0.15) is 0 Å². The van der Waals surface area contributed by atoms with E-state index in [1.165, 1.54) is 23.1 Å². The van der Waals surface area contributed by atoms with Gasteiger partial charge in [-0.1, -0.05) is 25.6 Å². The molecule has 11 heteroatoms. The molecule has 0 saturated carbocycles. The molecule has 32 heavy (non-hydrogen) atoms. The number of rotatable bonds is 6. The molecule has 0 amide bonds. The van der Waals surface area contributed by atoms with E-state index in [0.29, 0.717) is 35.1 Å². The number of esters is 1. The Kier molecular flexibility index (Phi) is 6.13. The number of aryl methyl sites for hydroxylation is 1. The van der Waals surface area contributed by atoms with Crippen molar-refractivity contribution in [2.24, 2.45) is 18.2 Å². The average Bonchev–Trinajstić information content (AvgIpc) is 3.33. The van der Waals surface area contributed by atoms with E-state index in [0.717, 1.165) is 10.4 Å². The van der Waals surface area contributed by atoms with Crippen molar-refractivity contribution < 1.29 is 19.1 Å². The zero-order valence-corrected chi connectivity index (χ0v) is 20.0. The van der Waals surface area contributed by atoms with Crippen LogP contribution in [0.2, 0.25) is 0 Å². The average molecular weight is 476 g/mol. The van der Waals surface area contributed by atoms with Crippen molar-refractivity contribution >= 4 is 34.9 Å². The fourth-order valence-corrected chi connectivity index (χ4v) is 5.91. The molecule has 2 N–H and O–H groups in total. The topological polar surface area (TPSA) is 122 Å². The Morgan fingerprint density at radius 2 is 2.22 bits per heavy atom. The van der Waals surface area contributed by atoms with Crippen LogP contribution in [0.4, 0.5) is 0 Å². The van der Waals surface area contributed by atoms with Crippen molar-refractivity contribution in [2.75, 3.05) is 6.61 Å². The number of carbonyl (C=O) groups is 2. The number of hydrogen-bond acceptors (Lipinski definition) is 10. The van der Waals surface area contributed by atoms with Crippen molar-refractivity contribution in [3.05, 3.63) is 44.7 Å². The SMILES string of the molecule is CCOC(=O)C1=C(N)OC2=C(C(=O)CC(C)(C)C2)[C@H]1c1cc(CSc2nnnn2C)cs1. The molecule has 0 aromatic carbocycles. The Bertz CT molecular complexity index is 1130. The lowest BCUT2D eigenvalue weighted by molar-refractivity contribution is -0.139. The third-order valence-electron chi connectivity index (χ3n) is 5.36. The summed E-state index contributed by atoms with van der Waals surface area (Å²) >= 11 is 2.99. The minimum absolute atomic E-state index is 0.00665. The maximum absolute atomic E-state index is 13.2. The second-order valence-corrected chi connectivity index (χ2v) is 10.4. The number of thiophene rings is 1. The molecule has 0 saturated heterocycles. The van der Waals surface area contributed by atoms with Gasteiger partial charge in [-0.3, -0.25) is 4.79 Å². The first-order valence-corrected chi connectivity index (χ1v) is 12.1. The van der Waals surface area contributed by atoms with Crippen LogP contribution in [0.5, 0.6) is 0 Å². The van der Waals surface area contributed by atoms with E-state index in [4.69, 9.17) is 15.2 Å². The Morgan fingerprint density at radius 3 is 2.91 bits per heavy atom. The summed E-state index contributed by atoms with van der Waals surface area (Å²) in [4.78, 5) is 26.9. The van der Waals surface area contributed by atoms with Crippen LogP contribution in [0.3, 0.4) is 0 Å². The highest BCUT2D eigenvalue weighted by Gasteiger charge is 2.45. The van der Waals surface area contributed by atoms with Crippen LogP contribution in [0.25, 0.3) is 0 Å². The van der Waals surface area contributed by atoms with Gasteiger partial charge in [0.2, 0.25) is 11.0 Å². The lowest BCUT2D eigenvalue weighted by atomic mass is 9.71. The molecule has 0 fully saturated rings. The van der Waals surface area contributed by atoms with Crippen LogP contribution in [0.15, 0.2) is 39.4 Å². The summed E-state index contributed by atoms with van der Waals surface area (Å²) in [7, 11) is 1.78. The molecule has 1 aliphatic heterocycles. The van der Waals surface area contributed by atoms with Crippen LogP contribution in [0, 0.1) is 5.41 Å². The Balaban J connectivity index is 1.70. The van der Waals surface area contributed by atoms with Gasteiger partial charge < -0.3 is 15.2 Å². The lowest BCUT2D eigenvalue weighted by Gasteiger charge is -2.37. The minimum atomic E-state index is -0.596. The maximum atomic E-state index is 13.2. The van der Waals surface area contributed by atoms with Crippen molar-refractivity contribution in [1.82, 2.24) is 20.2 Å². The molecule has 0 spiro atoms. The molecular weight excluding hydrogens is 450 g/mol. The fraction of sp³-hybridized carbons (Fsp3) is 0.476. The van der Waals surface area contributed by atoms with Crippen LogP contribution >= 0.6 is 23.1 Å². The zero-order valence-electron chi connectivity index (χ0n) is 18.4. The first kappa shape index (κ1) is 22.5. The van der Waals surface area contributed by atoms with Crippen molar-refractivity contribution in [1.29, 1.82) is 0 Å². The smallest absolute Gasteiger partial charge is 0.340 e. The van der Waals surface area contributed by atoms with Gasteiger partial charge >= 0.3 is 5.97 Å². The predicted molar refractivity (Wildman–Crippen MR) is 119 cm³/mol. The molecule has 1 atom stereocenters. The Hall–Kier alpha value is -2.66. The zero-order chi connectivity index (χ0) is 23.0. The molecule has 0 unspecified atom stereocenters. The van der Waals surface area contributed by atoms with E-state index in [1.54, 1.807) is 18.7 Å². The van der Waals surface area contributed by atoms with E-state index < -0.39 is 11.9 Å². The molecule has 2 aliphatic rings. The van der Waals surface area contributed by atoms with E-state index in [2.05, 4.69) is 15.5 Å². The van der Waals surface area contributed by atoms with Crippen molar-refractivity contribution in [3.63, 3.8) is 0 Å². The van der Waals surface area contributed by atoms with E-state index in [9.17, 15) is 9.59 Å². The summed E-state index contributed by atoms with van der Waals surface area (Å²) in [6, 6.07) is 2.00. The largest absolute Gasteiger partial charge is 0.462 e. The van der Waals surface area contributed by atoms with Gasteiger partial charge in [0.15, 0.2) is 5.78 Å². The molecule has 4 rings (SSSR count). The number of ketones is 1. The van der Waals surface area contributed by atoms with Crippen LogP contribution in [0.1, 0.15) is 50.0 Å². The summed E-state index contributed by atoms with van der Waals surface area (Å²) in [5.74, 6) is 0.0261. The van der Waals surface area contributed by atoms with Crippen molar-refractivity contribution in [3.8, 4) is 0 Å². The second-order valence-electron chi connectivity index (χ2n) is 8.54. The predicted octanol–water partition coefficient (Wildman–Crippen LogP) is 3.05. The first-order valence-electron chi connectivity index (χ1n) is 10.2. The number of hydrogen-bond donors (Lipinski definition) is 1. The molecule has 170 valence electrons. The summed E-state index contributed by atoms with van der Waals surface area (Å²) in [6.45, 7) is 5.98. The summed E-state index contributed by atoms with van der Waals surface area (Å²) < 4.78 is 12.7. The monoisotopic (exact) mass is 475 g/mol.